The van der Waals surface area contributed by atoms with Gasteiger partial charge in [-0.2, -0.15) is 0 Å². The van der Waals surface area contributed by atoms with Crippen molar-refractivity contribution in [2.45, 2.75) is 74.1 Å². The number of hydrogen-bond donors (Lipinski definition) is 4. The quantitative estimate of drug-likeness (QED) is 0.0819. The zero-order valence-corrected chi connectivity index (χ0v) is 31.4. The molecule has 4 N–H and O–H groups in total. The second-order valence-corrected chi connectivity index (χ2v) is 13.8. The summed E-state index contributed by atoms with van der Waals surface area (Å²) in [4.78, 5) is 57.7. The molecule has 52 heavy (non-hydrogen) atoms. The van der Waals surface area contributed by atoms with E-state index in [2.05, 4.69) is 47.1 Å². The second kappa shape index (κ2) is 24.4. The number of unbranched alkanes of at least 4 members (excludes halogenated alkanes) is 4. The average Bonchev–Trinajstić information content (AvgIpc) is 3.26. The molecule has 1 fully saturated rings. The Bertz CT molecular complexity index is 1490. The lowest BCUT2D eigenvalue weighted by atomic mass is 9.96. The number of aliphatic carboxylic acids is 4. The van der Waals surface area contributed by atoms with Crippen molar-refractivity contribution in [2.24, 2.45) is 0 Å². The third-order valence-corrected chi connectivity index (χ3v) is 9.88. The molecule has 2 heterocycles. The number of hydrogen-bond acceptors (Lipinski definition) is 9. The van der Waals surface area contributed by atoms with Crippen LogP contribution in [-0.4, -0.2) is 99.4 Å². The maximum atomic E-state index is 11.9. The van der Waals surface area contributed by atoms with Crippen molar-refractivity contribution in [3.05, 3.63) is 81.9 Å². The van der Waals surface area contributed by atoms with Crippen LogP contribution < -0.4 is 0 Å². The maximum Gasteiger partial charge on any atom is 0.328 e. The van der Waals surface area contributed by atoms with Gasteiger partial charge in [0.15, 0.2) is 0 Å². The van der Waals surface area contributed by atoms with Gasteiger partial charge in [-0.25, -0.2) is 19.2 Å². The first-order chi connectivity index (χ1) is 24.8. The van der Waals surface area contributed by atoms with Crippen LogP contribution in [0.25, 0.3) is 0 Å². The zero-order valence-electron chi connectivity index (χ0n) is 29.0. The highest BCUT2D eigenvalue weighted by Gasteiger charge is 2.30. The van der Waals surface area contributed by atoms with E-state index in [0.29, 0.717) is 47.4 Å². The SMILES string of the molecule is CCCCCCCC(=O)OCCCN1CCN(C2Cc3ccccc3Sc3cc(Cl)c(Cl)cc32)CC1.O=C(O)/C=C/C(=O)O.O=C(O)/C=C/C(=O)O. The van der Waals surface area contributed by atoms with Gasteiger partial charge in [0.05, 0.1) is 16.7 Å². The largest absolute Gasteiger partial charge is 0.478 e. The fourth-order valence-electron chi connectivity index (χ4n) is 5.43. The minimum absolute atomic E-state index is 0.0414. The number of carbonyl (C=O) groups is 5. The van der Waals surface area contributed by atoms with E-state index in [4.69, 9.17) is 48.4 Å². The van der Waals surface area contributed by atoms with Crippen LogP contribution in [0.2, 0.25) is 10.0 Å². The molecule has 2 aliphatic heterocycles. The van der Waals surface area contributed by atoms with Crippen molar-refractivity contribution >= 4 is 64.8 Å². The fraction of sp³-hybridized carbons (Fsp3) is 0.432. The summed E-state index contributed by atoms with van der Waals surface area (Å²) in [6, 6.07) is 13.1. The Hall–Kier alpha value is -3.88. The summed E-state index contributed by atoms with van der Waals surface area (Å²) in [6.07, 6.45) is 10.4. The van der Waals surface area contributed by atoms with Gasteiger partial charge in [0.1, 0.15) is 0 Å². The molecule has 4 rings (SSSR count). The van der Waals surface area contributed by atoms with Gasteiger partial charge in [0.25, 0.3) is 0 Å². The lowest BCUT2D eigenvalue weighted by Crippen LogP contribution is -2.48. The van der Waals surface area contributed by atoms with E-state index in [1.807, 2.05) is 6.07 Å². The molecule has 0 aromatic heterocycles. The molecule has 15 heteroatoms. The van der Waals surface area contributed by atoms with Crippen LogP contribution in [0.15, 0.2) is 70.5 Å². The molecule has 2 aromatic rings. The van der Waals surface area contributed by atoms with Crippen LogP contribution in [0, 0.1) is 0 Å². The van der Waals surface area contributed by atoms with Crippen LogP contribution in [0.4, 0.5) is 0 Å². The monoisotopic (exact) mass is 780 g/mol. The Morgan fingerprint density at radius 1 is 0.769 bits per heavy atom. The number of piperazine rings is 1. The van der Waals surface area contributed by atoms with Crippen molar-refractivity contribution in [1.29, 1.82) is 0 Å². The molecule has 0 aliphatic carbocycles. The van der Waals surface area contributed by atoms with Gasteiger partial charge in [-0.3, -0.25) is 9.69 Å². The first-order valence-corrected chi connectivity index (χ1v) is 18.5. The minimum Gasteiger partial charge on any atom is -0.478 e. The highest BCUT2D eigenvalue weighted by Crippen LogP contribution is 2.45. The van der Waals surface area contributed by atoms with E-state index in [1.54, 1.807) is 11.8 Å². The Morgan fingerprint density at radius 2 is 1.33 bits per heavy atom. The topological polar surface area (TPSA) is 182 Å². The standard InChI is InChI=1S/C29H38Cl2N2O2S.2C4H4O4/c1-2-3-4-5-6-12-29(34)35-18-9-13-32-14-16-33(17-15-32)26-19-22-10-7-8-11-27(22)36-28-21-25(31)24(30)20-23(26)28;2*5-3(6)1-2-4(7)8/h7-8,10-11,20-21,26H,2-6,9,12-19H2,1H3;2*1-2H,(H,5,6)(H,7,8)/b;2*2-1+. The summed E-state index contributed by atoms with van der Waals surface area (Å²) in [5, 5.41) is 32.5. The van der Waals surface area contributed by atoms with Crippen LogP contribution in [-0.2, 0) is 35.1 Å². The van der Waals surface area contributed by atoms with E-state index in [-0.39, 0.29) is 12.0 Å². The molecule has 0 bridgehead atoms. The molecule has 1 unspecified atom stereocenters. The third-order valence-electron chi connectivity index (χ3n) is 7.97. The number of ether oxygens (including phenoxy) is 1. The molecule has 2 aromatic carbocycles. The third kappa shape index (κ3) is 17.6. The first kappa shape index (κ1) is 44.3. The van der Waals surface area contributed by atoms with Crippen molar-refractivity contribution in [2.75, 3.05) is 39.3 Å². The summed E-state index contributed by atoms with van der Waals surface area (Å²) in [6.45, 7) is 7.76. The number of carboxylic acids is 4. The summed E-state index contributed by atoms with van der Waals surface area (Å²) < 4.78 is 5.46. The summed E-state index contributed by atoms with van der Waals surface area (Å²) in [5.41, 5.74) is 2.66. The van der Waals surface area contributed by atoms with Gasteiger partial charge in [-0.1, -0.05) is 85.8 Å². The number of benzene rings is 2. The van der Waals surface area contributed by atoms with Crippen LogP contribution >= 0.6 is 35.0 Å². The highest BCUT2D eigenvalue weighted by molar-refractivity contribution is 7.99. The maximum absolute atomic E-state index is 11.9. The lowest BCUT2D eigenvalue weighted by molar-refractivity contribution is -0.144. The number of carboxylic acid groups (broad SMARTS) is 4. The van der Waals surface area contributed by atoms with Crippen molar-refractivity contribution < 1.29 is 49.1 Å². The number of fused-ring (bicyclic) bond motifs is 2. The van der Waals surface area contributed by atoms with Gasteiger partial charge in [-0.05, 0) is 48.6 Å². The lowest BCUT2D eigenvalue weighted by Gasteiger charge is -2.39. The Balaban J connectivity index is 0.000000487. The smallest absolute Gasteiger partial charge is 0.328 e. The van der Waals surface area contributed by atoms with E-state index < -0.39 is 23.9 Å². The number of nitrogens with zero attached hydrogens (tertiary/aromatic N) is 2. The van der Waals surface area contributed by atoms with Gasteiger partial charge in [0.2, 0.25) is 0 Å². The molecular formula is C37H46Cl2N2O10S. The first-order valence-electron chi connectivity index (χ1n) is 16.9. The molecule has 0 saturated carbocycles. The Kier molecular flexibility index (Phi) is 20.8. The van der Waals surface area contributed by atoms with Crippen molar-refractivity contribution in [1.82, 2.24) is 9.80 Å². The van der Waals surface area contributed by atoms with E-state index in [1.165, 1.54) is 40.2 Å². The molecule has 12 nitrogen and oxygen atoms in total. The fourth-order valence-corrected chi connectivity index (χ4v) is 6.99. The Morgan fingerprint density at radius 3 is 1.90 bits per heavy atom. The van der Waals surface area contributed by atoms with Crippen molar-refractivity contribution in [3.63, 3.8) is 0 Å². The van der Waals surface area contributed by atoms with Gasteiger partial charge in [-0.15, -0.1) is 0 Å². The molecule has 0 amide bonds. The molecule has 0 radical (unpaired) electrons. The summed E-state index contributed by atoms with van der Waals surface area (Å²) in [5.74, 6) is -5.07. The molecule has 284 valence electrons. The summed E-state index contributed by atoms with van der Waals surface area (Å²) in [7, 11) is 0. The van der Waals surface area contributed by atoms with Gasteiger partial charge >= 0.3 is 29.8 Å². The normalized spacial score (nSPS) is 15.6. The number of rotatable bonds is 15. The number of esters is 1. The second-order valence-electron chi connectivity index (χ2n) is 11.9. The minimum atomic E-state index is -1.26. The van der Waals surface area contributed by atoms with E-state index in [0.717, 1.165) is 58.4 Å². The van der Waals surface area contributed by atoms with Crippen LogP contribution in [0.5, 0.6) is 0 Å². The average molecular weight is 782 g/mol. The number of carbonyl (C=O) groups excluding carboxylic acids is 1. The van der Waals surface area contributed by atoms with E-state index >= 15 is 0 Å². The Labute approximate surface area is 318 Å². The van der Waals surface area contributed by atoms with Crippen molar-refractivity contribution in [3.8, 4) is 0 Å². The van der Waals surface area contributed by atoms with Gasteiger partial charge in [0, 0.05) is 79.3 Å². The van der Waals surface area contributed by atoms with Gasteiger partial charge < -0.3 is 30.1 Å². The number of halogens is 2. The molecule has 2 aliphatic rings. The predicted molar refractivity (Wildman–Crippen MR) is 199 cm³/mol. The van der Waals surface area contributed by atoms with Crippen LogP contribution in [0.3, 0.4) is 0 Å². The molecular weight excluding hydrogens is 735 g/mol. The highest BCUT2D eigenvalue weighted by atomic mass is 35.5. The predicted octanol–water partition coefficient (Wildman–Crippen LogP) is 7.08. The molecule has 1 saturated heterocycles. The van der Waals surface area contributed by atoms with Crippen LogP contribution in [0.1, 0.15) is 69.0 Å². The summed E-state index contributed by atoms with van der Waals surface area (Å²) >= 11 is 14.7. The molecule has 1 atom stereocenters. The zero-order chi connectivity index (χ0) is 38.5. The molecule has 0 spiro atoms. The van der Waals surface area contributed by atoms with E-state index in [9.17, 15) is 24.0 Å².